The van der Waals surface area contributed by atoms with E-state index in [-0.39, 0.29) is 18.0 Å². The predicted molar refractivity (Wildman–Crippen MR) is 106 cm³/mol. The van der Waals surface area contributed by atoms with Crippen LogP contribution in [0.15, 0.2) is 64.1 Å². The Morgan fingerprint density at radius 2 is 2.00 bits per heavy atom. The Morgan fingerprint density at radius 3 is 2.75 bits per heavy atom. The molecule has 1 N–H and O–H groups in total. The van der Waals surface area contributed by atoms with Gasteiger partial charge in [-0.05, 0) is 37.1 Å². The van der Waals surface area contributed by atoms with Gasteiger partial charge in [-0.25, -0.2) is 5.43 Å². The standard InChI is InChI=1S/C21H19N3O4/c1-14-6-7-16(15(2)10-14)12-21(25)23-22-13-19-8-9-20(28-19)17-4-3-5-18(11-17)24(26)27/h3-11,13H,12H2,1-2H3,(H,23,25)/b22-13-. The number of hydrazone groups is 1. The highest BCUT2D eigenvalue weighted by molar-refractivity contribution is 5.82. The van der Waals surface area contributed by atoms with Crippen molar-refractivity contribution < 1.29 is 14.1 Å². The summed E-state index contributed by atoms with van der Waals surface area (Å²) in [7, 11) is 0. The molecule has 7 nitrogen and oxygen atoms in total. The van der Waals surface area contributed by atoms with E-state index in [1.165, 1.54) is 18.3 Å². The molecule has 7 heteroatoms. The monoisotopic (exact) mass is 377 g/mol. The zero-order valence-electron chi connectivity index (χ0n) is 15.5. The molecule has 0 radical (unpaired) electrons. The fraction of sp³-hybridized carbons (Fsp3) is 0.143. The number of nitro groups is 1. The van der Waals surface area contributed by atoms with Crippen molar-refractivity contribution in [1.29, 1.82) is 0 Å². The van der Waals surface area contributed by atoms with E-state index in [1.807, 2.05) is 32.0 Å². The topological polar surface area (TPSA) is 97.7 Å². The van der Waals surface area contributed by atoms with Crippen LogP contribution in [0.5, 0.6) is 0 Å². The van der Waals surface area contributed by atoms with Crippen LogP contribution < -0.4 is 5.43 Å². The molecule has 0 bridgehead atoms. The minimum atomic E-state index is -0.458. The van der Waals surface area contributed by atoms with Gasteiger partial charge in [-0.15, -0.1) is 0 Å². The maximum absolute atomic E-state index is 12.0. The second kappa shape index (κ2) is 8.30. The average molecular weight is 377 g/mol. The summed E-state index contributed by atoms with van der Waals surface area (Å²) < 4.78 is 5.61. The Labute approximate surface area is 161 Å². The molecule has 1 heterocycles. The number of rotatable bonds is 6. The molecule has 0 aliphatic carbocycles. The van der Waals surface area contributed by atoms with Crippen molar-refractivity contribution >= 4 is 17.8 Å². The first-order valence-corrected chi connectivity index (χ1v) is 8.65. The third kappa shape index (κ3) is 4.70. The maximum atomic E-state index is 12.0. The van der Waals surface area contributed by atoms with Crippen molar-refractivity contribution in [2.75, 3.05) is 0 Å². The van der Waals surface area contributed by atoms with Crippen molar-refractivity contribution in [2.45, 2.75) is 20.3 Å². The van der Waals surface area contributed by atoms with E-state index in [0.29, 0.717) is 17.1 Å². The summed E-state index contributed by atoms with van der Waals surface area (Å²) in [5.74, 6) is 0.675. The lowest BCUT2D eigenvalue weighted by molar-refractivity contribution is -0.384. The molecule has 0 saturated carbocycles. The summed E-state index contributed by atoms with van der Waals surface area (Å²) in [6, 6.07) is 15.5. The Hall–Kier alpha value is -3.74. The number of aryl methyl sites for hydroxylation is 2. The number of carbonyl (C=O) groups is 1. The maximum Gasteiger partial charge on any atom is 0.270 e. The lowest BCUT2D eigenvalue weighted by Gasteiger charge is -2.05. The van der Waals surface area contributed by atoms with Crippen molar-refractivity contribution in [3.8, 4) is 11.3 Å². The zero-order chi connectivity index (χ0) is 20.1. The second-order valence-electron chi connectivity index (χ2n) is 6.41. The number of amides is 1. The van der Waals surface area contributed by atoms with Gasteiger partial charge in [0, 0.05) is 17.7 Å². The van der Waals surface area contributed by atoms with Crippen LogP contribution in [-0.4, -0.2) is 17.0 Å². The fourth-order valence-electron chi connectivity index (χ4n) is 2.77. The van der Waals surface area contributed by atoms with Gasteiger partial charge in [0.25, 0.3) is 5.69 Å². The lowest BCUT2D eigenvalue weighted by atomic mass is 10.0. The van der Waals surface area contributed by atoms with E-state index in [9.17, 15) is 14.9 Å². The molecule has 3 aromatic rings. The molecule has 0 saturated heterocycles. The number of nitrogens with one attached hydrogen (secondary N) is 1. The highest BCUT2D eigenvalue weighted by Gasteiger charge is 2.10. The van der Waals surface area contributed by atoms with E-state index in [0.717, 1.165) is 16.7 Å². The van der Waals surface area contributed by atoms with Crippen LogP contribution >= 0.6 is 0 Å². The summed E-state index contributed by atoms with van der Waals surface area (Å²) in [6.07, 6.45) is 1.63. The van der Waals surface area contributed by atoms with E-state index in [2.05, 4.69) is 10.5 Å². The normalized spacial score (nSPS) is 10.9. The highest BCUT2D eigenvalue weighted by atomic mass is 16.6. The van der Waals surface area contributed by atoms with E-state index in [1.54, 1.807) is 24.3 Å². The first-order chi connectivity index (χ1) is 13.4. The minimum absolute atomic E-state index is 0.0113. The summed E-state index contributed by atoms with van der Waals surface area (Å²) in [6.45, 7) is 3.98. The van der Waals surface area contributed by atoms with Crippen LogP contribution in [0.1, 0.15) is 22.5 Å². The van der Waals surface area contributed by atoms with Gasteiger partial charge in [0.15, 0.2) is 0 Å². The predicted octanol–water partition coefficient (Wildman–Crippen LogP) is 4.16. The van der Waals surface area contributed by atoms with Crippen LogP contribution in [0.2, 0.25) is 0 Å². The number of benzene rings is 2. The molecule has 142 valence electrons. The third-order valence-electron chi connectivity index (χ3n) is 4.20. The van der Waals surface area contributed by atoms with Crippen molar-refractivity contribution in [3.05, 3.63) is 87.2 Å². The van der Waals surface area contributed by atoms with E-state index < -0.39 is 4.92 Å². The number of hydrogen-bond donors (Lipinski definition) is 1. The summed E-state index contributed by atoms with van der Waals surface area (Å²) in [5.41, 5.74) is 6.22. The molecule has 0 aliphatic rings. The van der Waals surface area contributed by atoms with Gasteiger partial charge in [-0.2, -0.15) is 5.10 Å². The number of furan rings is 1. The van der Waals surface area contributed by atoms with Gasteiger partial charge >= 0.3 is 0 Å². The largest absolute Gasteiger partial charge is 0.455 e. The molecular weight excluding hydrogens is 358 g/mol. The molecule has 2 aromatic carbocycles. The van der Waals surface area contributed by atoms with Gasteiger partial charge < -0.3 is 4.42 Å². The van der Waals surface area contributed by atoms with Gasteiger partial charge in [0.05, 0.1) is 17.6 Å². The van der Waals surface area contributed by atoms with Gasteiger partial charge in [0.2, 0.25) is 5.91 Å². The minimum Gasteiger partial charge on any atom is -0.455 e. The van der Waals surface area contributed by atoms with Gasteiger partial charge in [-0.1, -0.05) is 35.9 Å². The smallest absolute Gasteiger partial charge is 0.270 e. The van der Waals surface area contributed by atoms with E-state index in [4.69, 9.17) is 4.42 Å². The fourth-order valence-corrected chi connectivity index (χ4v) is 2.77. The van der Waals surface area contributed by atoms with Crippen LogP contribution in [0, 0.1) is 24.0 Å². The summed E-state index contributed by atoms with van der Waals surface area (Å²) in [5, 5.41) is 14.8. The van der Waals surface area contributed by atoms with Gasteiger partial charge in [-0.3, -0.25) is 14.9 Å². The number of carbonyl (C=O) groups excluding carboxylic acids is 1. The summed E-state index contributed by atoms with van der Waals surface area (Å²) in [4.78, 5) is 22.5. The van der Waals surface area contributed by atoms with Crippen molar-refractivity contribution in [2.24, 2.45) is 5.10 Å². The lowest BCUT2D eigenvalue weighted by Crippen LogP contribution is -2.20. The molecule has 0 unspecified atom stereocenters. The molecule has 3 rings (SSSR count). The van der Waals surface area contributed by atoms with Crippen molar-refractivity contribution in [1.82, 2.24) is 5.43 Å². The molecule has 28 heavy (non-hydrogen) atoms. The Balaban J connectivity index is 1.62. The summed E-state index contributed by atoms with van der Waals surface area (Å²) >= 11 is 0. The Bertz CT molecular complexity index is 1050. The Kier molecular flexibility index (Phi) is 5.64. The number of hydrogen-bond acceptors (Lipinski definition) is 5. The van der Waals surface area contributed by atoms with E-state index >= 15 is 0 Å². The van der Waals surface area contributed by atoms with Crippen molar-refractivity contribution in [3.63, 3.8) is 0 Å². The molecule has 1 amide bonds. The Morgan fingerprint density at radius 1 is 1.18 bits per heavy atom. The molecule has 0 spiro atoms. The number of nitro benzene ring substituents is 1. The molecule has 0 fully saturated rings. The molecular formula is C21H19N3O4. The first kappa shape index (κ1) is 19.0. The van der Waals surface area contributed by atoms with Crippen LogP contribution in [0.4, 0.5) is 5.69 Å². The number of non-ortho nitro benzene ring substituents is 1. The van der Waals surface area contributed by atoms with Crippen LogP contribution in [0.25, 0.3) is 11.3 Å². The van der Waals surface area contributed by atoms with Gasteiger partial charge in [0.1, 0.15) is 11.5 Å². The average Bonchev–Trinajstić information content (AvgIpc) is 3.13. The zero-order valence-corrected chi connectivity index (χ0v) is 15.5. The quantitative estimate of drug-likeness (QED) is 0.396. The highest BCUT2D eigenvalue weighted by Crippen LogP contribution is 2.25. The second-order valence-corrected chi connectivity index (χ2v) is 6.41. The van der Waals surface area contributed by atoms with Crippen LogP contribution in [0.3, 0.4) is 0 Å². The molecule has 0 aliphatic heterocycles. The third-order valence-corrected chi connectivity index (χ3v) is 4.20. The van der Waals surface area contributed by atoms with Crippen LogP contribution in [-0.2, 0) is 11.2 Å². The molecule has 1 aromatic heterocycles. The molecule has 0 atom stereocenters. The SMILES string of the molecule is Cc1ccc(CC(=O)N/N=C\c2ccc(-c3cccc([N+](=O)[O-])c3)o2)c(C)c1. The number of nitrogens with zero attached hydrogens (tertiary/aromatic N) is 2. The first-order valence-electron chi connectivity index (χ1n) is 8.65.